The minimum Gasteiger partial charge on any atom is -0.324 e. The van der Waals surface area contributed by atoms with Gasteiger partial charge in [-0.15, -0.1) is 0 Å². The molecule has 0 radical (unpaired) electrons. The average molecular weight is 276 g/mol. The van der Waals surface area contributed by atoms with E-state index in [0.717, 1.165) is 25.4 Å². The molecule has 1 amide bonds. The molecule has 3 unspecified atom stereocenters. The Hall–Kier alpha value is -0.570. The minimum absolute atomic E-state index is 0.186. The third-order valence-electron chi connectivity index (χ3n) is 7.22. The Balaban J connectivity index is 1.67. The minimum atomic E-state index is -0.186. The first-order chi connectivity index (χ1) is 9.39. The number of hydrogen-bond donors (Lipinski definition) is 1. The first-order valence-electron chi connectivity index (χ1n) is 8.45. The van der Waals surface area contributed by atoms with Gasteiger partial charge in [0.05, 0.1) is 12.2 Å². The van der Waals surface area contributed by atoms with Gasteiger partial charge in [0.1, 0.15) is 0 Å². The summed E-state index contributed by atoms with van der Waals surface area (Å²) in [6.07, 6.45) is 8.51. The standard InChI is InChI=1S/C17H28N2O/c1-15(2)12-6-9-16(3,10-12)13(15)19-11-18-17(14(19)20)7-4-5-8-17/h12-13,18H,4-11H2,1-3H3. The van der Waals surface area contributed by atoms with Crippen molar-refractivity contribution >= 4 is 5.91 Å². The van der Waals surface area contributed by atoms with Crippen LogP contribution in [0.2, 0.25) is 0 Å². The average Bonchev–Trinajstić information content (AvgIpc) is 3.09. The van der Waals surface area contributed by atoms with Crippen LogP contribution in [0.1, 0.15) is 65.7 Å². The summed E-state index contributed by atoms with van der Waals surface area (Å²) >= 11 is 0. The van der Waals surface area contributed by atoms with Crippen molar-refractivity contribution in [3.63, 3.8) is 0 Å². The van der Waals surface area contributed by atoms with Gasteiger partial charge in [-0.2, -0.15) is 0 Å². The van der Waals surface area contributed by atoms with Crippen molar-refractivity contribution in [2.45, 2.75) is 77.3 Å². The second-order valence-corrected chi connectivity index (χ2v) is 8.72. The molecule has 3 heteroatoms. The van der Waals surface area contributed by atoms with E-state index < -0.39 is 0 Å². The van der Waals surface area contributed by atoms with E-state index in [9.17, 15) is 4.79 Å². The number of fused-ring (bicyclic) bond motifs is 2. The van der Waals surface area contributed by atoms with E-state index in [1.54, 1.807) is 0 Å². The zero-order valence-electron chi connectivity index (χ0n) is 13.2. The maximum absolute atomic E-state index is 13.1. The van der Waals surface area contributed by atoms with Crippen LogP contribution in [-0.4, -0.2) is 29.1 Å². The Bertz CT molecular complexity index is 447. The lowest BCUT2D eigenvalue weighted by Crippen LogP contribution is -2.55. The number of carbonyl (C=O) groups is 1. The van der Waals surface area contributed by atoms with Gasteiger partial charge in [0.2, 0.25) is 5.91 Å². The second kappa shape index (κ2) is 3.79. The van der Waals surface area contributed by atoms with E-state index in [0.29, 0.717) is 17.4 Å². The Morgan fingerprint density at radius 1 is 1.15 bits per heavy atom. The van der Waals surface area contributed by atoms with Crippen LogP contribution in [-0.2, 0) is 4.79 Å². The Morgan fingerprint density at radius 2 is 1.85 bits per heavy atom. The van der Waals surface area contributed by atoms with Gasteiger partial charge in [-0.25, -0.2) is 0 Å². The smallest absolute Gasteiger partial charge is 0.244 e. The molecule has 3 saturated carbocycles. The molecule has 4 rings (SSSR count). The fraction of sp³-hybridized carbons (Fsp3) is 0.941. The van der Waals surface area contributed by atoms with Gasteiger partial charge in [-0.3, -0.25) is 10.1 Å². The van der Waals surface area contributed by atoms with Crippen LogP contribution in [0.25, 0.3) is 0 Å². The van der Waals surface area contributed by atoms with Gasteiger partial charge in [-0.05, 0) is 48.9 Å². The molecule has 4 fully saturated rings. The fourth-order valence-electron chi connectivity index (χ4n) is 6.29. The van der Waals surface area contributed by atoms with Crippen LogP contribution in [0, 0.1) is 16.7 Å². The quantitative estimate of drug-likeness (QED) is 0.798. The molecule has 1 saturated heterocycles. The van der Waals surface area contributed by atoms with Gasteiger partial charge < -0.3 is 4.90 Å². The van der Waals surface area contributed by atoms with Gasteiger partial charge in [0, 0.05) is 6.04 Å². The Morgan fingerprint density at radius 3 is 2.45 bits per heavy atom. The number of rotatable bonds is 1. The van der Waals surface area contributed by atoms with E-state index in [-0.39, 0.29) is 11.0 Å². The summed E-state index contributed by atoms with van der Waals surface area (Å²) in [5, 5.41) is 3.60. The van der Waals surface area contributed by atoms with Gasteiger partial charge in [0.15, 0.2) is 0 Å². The topological polar surface area (TPSA) is 32.3 Å². The lowest BCUT2D eigenvalue weighted by molar-refractivity contribution is -0.139. The molecule has 112 valence electrons. The van der Waals surface area contributed by atoms with Crippen molar-refractivity contribution < 1.29 is 4.79 Å². The summed E-state index contributed by atoms with van der Waals surface area (Å²) in [4.78, 5) is 15.3. The third kappa shape index (κ3) is 1.43. The molecule has 1 heterocycles. The zero-order chi connectivity index (χ0) is 14.2. The number of nitrogens with one attached hydrogen (secondary N) is 1. The molecular formula is C17H28N2O. The van der Waals surface area contributed by atoms with Crippen LogP contribution < -0.4 is 5.32 Å². The first-order valence-corrected chi connectivity index (χ1v) is 8.45. The summed E-state index contributed by atoms with van der Waals surface area (Å²) in [6, 6.07) is 0.439. The lowest BCUT2D eigenvalue weighted by atomic mass is 9.67. The van der Waals surface area contributed by atoms with Gasteiger partial charge in [0.25, 0.3) is 0 Å². The van der Waals surface area contributed by atoms with Crippen molar-refractivity contribution in [2.24, 2.45) is 16.7 Å². The maximum atomic E-state index is 13.1. The van der Waals surface area contributed by atoms with Crippen LogP contribution in [0.5, 0.6) is 0 Å². The Labute approximate surface area is 122 Å². The van der Waals surface area contributed by atoms with E-state index >= 15 is 0 Å². The summed E-state index contributed by atoms with van der Waals surface area (Å²) in [7, 11) is 0. The molecular weight excluding hydrogens is 248 g/mol. The highest BCUT2D eigenvalue weighted by molar-refractivity contribution is 5.89. The van der Waals surface area contributed by atoms with Crippen molar-refractivity contribution in [3.8, 4) is 0 Å². The highest BCUT2D eigenvalue weighted by Gasteiger charge is 2.64. The molecule has 1 aliphatic heterocycles. The second-order valence-electron chi connectivity index (χ2n) is 8.72. The van der Waals surface area contributed by atoms with Crippen molar-refractivity contribution in [2.75, 3.05) is 6.67 Å². The molecule has 1 spiro atoms. The third-order valence-corrected chi connectivity index (χ3v) is 7.22. The molecule has 0 aromatic carbocycles. The number of amides is 1. The fourth-order valence-corrected chi connectivity index (χ4v) is 6.29. The monoisotopic (exact) mass is 276 g/mol. The van der Waals surface area contributed by atoms with Crippen LogP contribution in [0.4, 0.5) is 0 Å². The zero-order valence-corrected chi connectivity index (χ0v) is 13.2. The Kier molecular flexibility index (Phi) is 2.49. The van der Waals surface area contributed by atoms with Crippen LogP contribution >= 0.6 is 0 Å². The molecule has 1 N–H and O–H groups in total. The highest BCUT2D eigenvalue weighted by Crippen LogP contribution is 2.64. The van der Waals surface area contributed by atoms with Gasteiger partial charge >= 0.3 is 0 Å². The van der Waals surface area contributed by atoms with Gasteiger partial charge in [-0.1, -0.05) is 33.6 Å². The maximum Gasteiger partial charge on any atom is 0.244 e. The molecule has 4 aliphatic rings. The predicted molar refractivity (Wildman–Crippen MR) is 79.1 cm³/mol. The predicted octanol–water partition coefficient (Wildman–Crippen LogP) is 2.90. The number of carbonyl (C=O) groups excluding carboxylic acids is 1. The normalized spacial score (nSPS) is 45.0. The molecule has 3 atom stereocenters. The molecule has 2 bridgehead atoms. The van der Waals surface area contributed by atoms with E-state index in [2.05, 4.69) is 31.0 Å². The van der Waals surface area contributed by atoms with Crippen molar-refractivity contribution in [1.82, 2.24) is 10.2 Å². The number of hydrogen-bond acceptors (Lipinski definition) is 2. The summed E-state index contributed by atoms with van der Waals surface area (Å²) in [5.41, 5.74) is 0.457. The van der Waals surface area contributed by atoms with E-state index in [1.165, 1.54) is 32.1 Å². The highest BCUT2D eigenvalue weighted by atomic mass is 16.2. The molecule has 3 aliphatic carbocycles. The SMILES string of the molecule is CC12CCC(C1)C(C)(C)C2N1CNC2(CCCC2)C1=O. The molecule has 0 aromatic heterocycles. The lowest BCUT2D eigenvalue weighted by Gasteiger charge is -2.47. The van der Waals surface area contributed by atoms with Crippen molar-refractivity contribution in [1.29, 1.82) is 0 Å². The number of nitrogens with zero attached hydrogens (tertiary/aromatic N) is 1. The van der Waals surface area contributed by atoms with E-state index in [4.69, 9.17) is 0 Å². The summed E-state index contributed by atoms with van der Waals surface area (Å²) < 4.78 is 0. The summed E-state index contributed by atoms with van der Waals surface area (Å²) in [5.74, 6) is 1.23. The molecule has 20 heavy (non-hydrogen) atoms. The molecule has 3 nitrogen and oxygen atoms in total. The van der Waals surface area contributed by atoms with Crippen LogP contribution in [0.3, 0.4) is 0 Å². The first kappa shape index (κ1) is 13.1. The van der Waals surface area contributed by atoms with Crippen molar-refractivity contribution in [3.05, 3.63) is 0 Å². The van der Waals surface area contributed by atoms with E-state index in [1.807, 2.05) is 0 Å². The summed E-state index contributed by atoms with van der Waals surface area (Å²) in [6.45, 7) is 8.02. The van der Waals surface area contributed by atoms with Crippen LogP contribution in [0.15, 0.2) is 0 Å². The largest absolute Gasteiger partial charge is 0.324 e. The molecule has 0 aromatic rings.